The molecular weight excluding hydrogens is 290 g/mol. The maximum atomic E-state index is 12.6. The van der Waals surface area contributed by atoms with Crippen LogP contribution in [0.5, 0.6) is 0 Å². The molecule has 122 valence electrons. The number of nitrogens with one attached hydrogen (secondary N) is 1. The molecule has 5 heteroatoms. The molecule has 0 aliphatic heterocycles. The van der Waals surface area contributed by atoms with Gasteiger partial charge in [-0.1, -0.05) is 13.0 Å². The summed E-state index contributed by atoms with van der Waals surface area (Å²) in [5, 5.41) is 2.90. The van der Waals surface area contributed by atoms with Gasteiger partial charge in [0.05, 0.1) is 0 Å². The van der Waals surface area contributed by atoms with Crippen LogP contribution in [0.25, 0.3) is 0 Å². The van der Waals surface area contributed by atoms with Gasteiger partial charge in [-0.15, -0.1) is 0 Å². The van der Waals surface area contributed by atoms with E-state index in [0.717, 1.165) is 16.9 Å². The molecule has 5 nitrogen and oxygen atoms in total. The molecule has 0 saturated heterocycles. The normalized spacial score (nSPS) is 12.0. The Labute approximate surface area is 136 Å². The Morgan fingerprint density at radius 3 is 2.43 bits per heavy atom. The first-order chi connectivity index (χ1) is 10.8. The SMILES string of the molecule is CCC(C(=O)Nc1ccc(C)c(C)c1)n1c(C)cc(C)nc1=O. The highest BCUT2D eigenvalue weighted by Gasteiger charge is 2.22. The molecule has 2 rings (SSSR count). The van der Waals surface area contributed by atoms with Crippen LogP contribution in [0.2, 0.25) is 0 Å². The summed E-state index contributed by atoms with van der Waals surface area (Å²) in [7, 11) is 0. The molecular formula is C18H23N3O2. The lowest BCUT2D eigenvalue weighted by molar-refractivity contribution is -0.119. The predicted octanol–water partition coefficient (Wildman–Crippen LogP) is 3.07. The number of carbonyl (C=O) groups excluding carboxylic acids is 1. The van der Waals surface area contributed by atoms with Gasteiger partial charge < -0.3 is 5.32 Å². The van der Waals surface area contributed by atoms with Gasteiger partial charge in [0.25, 0.3) is 0 Å². The van der Waals surface area contributed by atoms with E-state index >= 15 is 0 Å². The second-order valence-corrected chi connectivity index (χ2v) is 5.90. The molecule has 2 aromatic rings. The van der Waals surface area contributed by atoms with Gasteiger partial charge >= 0.3 is 5.69 Å². The first kappa shape index (κ1) is 16.9. The number of aryl methyl sites for hydroxylation is 4. The molecule has 1 amide bonds. The van der Waals surface area contributed by atoms with Gasteiger partial charge in [0.1, 0.15) is 6.04 Å². The number of amides is 1. The summed E-state index contributed by atoms with van der Waals surface area (Å²) in [5.41, 5.74) is 4.04. The average molecular weight is 313 g/mol. The molecule has 0 saturated carbocycles. The Morgan fingerprint density at radius 2 is 1.87 bits per heavy atom. The molecule has 1 heterocycles. The third-order valence-corrected chi connectivity index (χ3v) is 4.05. The summed E-state index contributed by atoms with van der Waals surface area (Å²) in [6.07, 6.45) is 0.516. The number of benzene rings is 1. The Morgan fingerprint density at radius 1 is 1.17 bits per heavy atom. The van der Waals surface area contributed by atoms with Gasteiger partial charge in [-0.2, -0.15) is 4.98 Å². The lowest BCUT2D eigenvalue weighted by Crippen LogP contribution is -2.36. The van der Waals surface area contributed by atoms with Crippen LogP contribution in [0.1, 0.15) is 41.9 Å². The Hall–Kier alpha value is -2.43. The predicted molar refractivity (Wildman–Crippen MR) is 91.8 cm³/mol. The van der Waals surface area contributed by atoms with Crippen molar-refractivity contribution in [2.45, 2.75) is 47.1 Å². The van der Waals surface area contributed by atoms with Crippen molar-refractivity contribution < 1.29 is 4.79 Å². The Bertz CT molecular complexity index is 793. The summed E-state index contributed by atoms with van der Waals surface area (Å²) in [4.78, 5) is 28.8. The number of hydrogen-bond acceptors (Lipinski definition) is 3. The van der Waals surface area contributed by atoms with E-state index in [4.69, 9.17) is 0 Å². The molecule has 0 aliphatic rings. The molecule has 1 unspecified atom stereocenters. The van der Waals surface area contributed by atoms with Gasteiger partial charge in [-0.3, -0.25) is 9.36 Å². The molecule has 0 radical (unpaired) electrons. The first-order valence-corrected chi connectivity index (χ1v) is 7.78. The van der Waals surface area contributed by atoms with Crippen LogP contribution in [-0.2, 0) is 4.79 Å². The smallest absolute Gasteiger partial charge is 0.324 e. The van der Waals surface area contributed by atoms with Gasteiger partial charge in [-0.25, -0.2) is 4.79 Å². The standard InChI is InChI=1S/C18H23N3O2/c1-6-16(21-14(5)10-13(4)19-18(21)23)17(22)20-15-8-7-11(2)12(3)9-15/h7-10,16H,6H2,1-5H3,(H,20,22). The highest BCUT2D eigenvalue weighted by Crippen LogP contribution is 2.18. The third kappa shape index (κ3) is 3.67. The monoisotopic (exact) mass is 313 g/mol. The van der Waals surface area contributed by atoms with E-state index in [2.05, 4.69) is 10.3 Å². The highest BCUT2D eigenvalue weighted by atomic mass is 16.2. The summed E-state index contributed by atoms with van der Waals surface area (Å²) in [6.45, 7) is 9.50. The van der Waals surface area contributed by atoms with Crippen molar-refractivity contribution in [2.24, 2.45) is 0 Å². The fourth-order valence-corrected chi connectivity index (χ4v) is 2.67. The molecule has 1 aromatic heterocycles. The zero-order valence-electron chi connectivity index (χ0n) is 14.3. The minimum atomic E-state index is -0.572. The molecule has 0 spiro atoms. The van der Waals surface area contributed by atoms with Crippen LogP contribution in [-0.4, -0.2) is 15.5 Å². The van der Waals surface area contributed by atoms with Gasteiger partial charge in [0, 0.05) is 17.1 Å². The maximum absolute atomic E-state index is 12.6. The average Bonchev–Trinajstić information content (AvgIpc) is 2.46. The van der Waals surface area contributed by atoms with Crippen molar-refractivity contribution in [3.8, 4) is 0 Å². The molecule has 0 bridgehead atoms. The quantitative estimate of drug-likeness (QED) is 0.943. The van der Waals surface area contributed by atoms with E-state index in [9.17, 15) is 9.59 Å². The second kappa shape index (κ2) is 6.77. The zero-order valence-corrected chi connectivity index (χ0v) is 14.3. The van der Waals surface area contributed by atoms with Crippen molar-refractivity contribution >= 4 is 11.6 Å². The van der Waals surface area contributed by atoms with Crippen molar-refractivity contribution in [2.75, 3.05) is 5.32 Å². The lowest BCUT2D eigenvalue weighted by Gasteiger charge is -2.20. The van der Waals surface area contributed by atoms with Crippen LogP contribution in [0.3, 0.4) is 0 Å². The number of nitrogens with zero attached hydrogens (tertiary/aromatic N) is 2. The van der Waals surface area contributed by atoms with E-state index in [1.54, 1.807) is 6.92 Å². The summed E-state index contributed by atoms with van der Waals surface area (Å²) in [5.74, 6) is -0.202. The van der Waals surface area contributed by atoms with Crippen LogP contribution in [0.15, 0.2) is 29.1 Å². The molecule has 1 aromatic carbocycles. The number of aromatic nitrogens is 2. The van der Waals surface area contributed by atoms with Crippen molar-refractivity contribution in [3.63, 3.8) is 0 Å². The maximum Gasteiger partial charge on any atom is 0.348 e. The van der Waals surface area contributed by atoms with Crippen molar-refractivity contribution in [1.82, 2.24) is 9.55 Å². The van der Waals surface area contributed by atoms with E-state index in [0.29, 0.717) is 12.1 Å². The highest BCUT2D eigenvalue weighted by molar-refractivity contribution is 5.93. The fourth-order valence-electron chi connectivity index (χ4n) is 2.67. The minimum absolute atomic E-state index is 0.202. The largest absolute Gasteiger partial charge is 0.348 e. The zero-order chi connectivity index (χ0) is 17.1. The van der Waals surface area contributed by atoms with Gasteiger partial charge in [0.2, 0.25) is 5.91 Å². The second-order valence-electron chi connectivity index (χ2n) is 5.90. The first-order valence-electron chi connectivity index (χ1n) is 7.78. The summed E-state index contributed by atoms with van der Waals surface area (Å²) >= 11 is 0. The fraction of sp³-hybridized carbons (Fsp3) is 0.389. The summed E-state index contributed by atoms with van der Waals surface area (Å²) < 4.78 is 1.46. The van der Waals surface area contributed by atoms with Crippen molar-refractivity contribution in [3.05, 3.63) is 57.3 Å². The van der Waals surface area contributed by atoms with E-state index in [-0.39, 0.29) is 11.6 Å². The van der Waals surface area contributed by atoms with Crippen LogP contribution >= 0.6 is 0 Å². The number of anilines is 1. The van der Waals surface area contributed by atoms with Crippen molar-refractivity contribution in [1.29, 1.82) is 0 Å². The van der Waals surface area contributed by atoms with E-state index in [1.165, 1.54) is 10.1 Å². The lowest BCUT2D eigenvalue weighted by atomic mass is 10.1. The molecule has 1 atom stereocenters. The van der Waals surface area contributed by atoms with Crippen LogP contribution < -0.4 is 11.0 Å². The molecule has 0 aliphatic carbocycles. The third-order valence-electron chi connectivity index (χ3n) is 4.05. The Kier molecular flexibility index (Phi) is 4.98. The number of hydrogen-bond donors (Lipinski definition) is 1. The summed E-state index contributed by atoms with van der Waals surface area (Å²) in [6, 6.07) is 7.01. The molecule has 1 N–H and O–H groups in total. The molecule has 23 heavy (non-hydrogen) atoms. The van der Waals surface area contributed by atoms with E-state index < -0.39 is 6.04 Å². The number of carbonyl (C=O) groups is 1. The van der Waals surface area contributed by atoms with Crippen LogP contribution in [0, 0.1) is 27.7 Å². The molecule has 0 fully saturated rings. The van der Waals surface area contributed by atoms with E-state index in [1.807, 2.05) is 52.0 Å². The number of rotatable bonds is 4. The topological polar surface area (TPSA) is 64.0 Å². The van der Waals surface area contributed by atoms with Gasteiger partial charge in [-0.05, 0) is 63.4 Å². The minimum Gasteiger partial charge on any atom is -0.324 e. The Balaban J connectivity index is 2.32. The van der Waals surface area contributed by atoms with Crippen LogP contribution in [0.4, 0.5) is 5.69 Å². The van der Waals surface area contributed by atoms with Gasteiger partial charge in [0.15, 0.2) is 0 Å².